The number of carbonyl (C=O) groups is 1. The van der Waals surface area contributed by atoms with Gasteiger partial charge in [0.1, 0.15) is 0 Å². The molecule has 7 nitrogen and oxygen atoms in total. The van der Waals surface area contributed by atoms with Gasteiger partial charge in [0.2, 0.25) is 5.91 Å². The van der Waals surface area contributed by atoms with Crippen LogP contribution in [-0.4, -0.2) is 35.9 Å². The molecule has 0 radical (unpaired) electrons. The minimum atomic E-state index is -3.39. The number of carbonyl (C=O) groups excluding carboxylic acids is 1. The maximum absolute atomic E-state index is 12.5. The first-order valence-electron chi connectivity index (χ1n) is 8.24. The second-order valence-electron chi connectivity index (χ2n) is 6.58. The molecule has 9 heteroatoms. The molecule has 0 saturated heterocycles. The van der Waals surface area contributed by atoms with Gasteiger partial charge in [-0.2, -0.15) is 5.10 Å². The Morgan fingerprint density at radius 3 is 2.54 bits per heavy atom. The molecule has 0 spiro atoms. The number of rotatable bonds is 4. The van der Waals surface area contributed by atoms with Crippen LogP contribution in [0.25, 0.3) is 5.69 Å². The van der Waals surface area contributed by atoms with Crippen LogP contribution in [0, 0.1) is 0 Å². The van der Waals surface area contributed by atoms with Crippen LogP contribution in [0.2, 0.25) is 0 Å². The first-order valence-corrected chi connectivity index (χ1v) is 10.1. The molecular formula is C17H23ClN4O3S. The molecule has 3 rings (SSSR count). The van der Waals surface area contributed by atoms with Gasteiger partial charge in [0.05, 0.1) is 34.2 Å². The number of anilines is 1. The van der Waals surface area contributed by atoms with Crippen molar-refractivity contribution in [2.75, 3.05) is 11.6 Å². The topological polar surface area (TPSA) is 107 Å². The van der Waals surface area contributed by atoms with E-state index in [0.29, 0.717) is 24.2 Å². The van der Waals surface area contributed by atoms with Gasteiger partial charge in [-0.15, -0.1) is 12.4 Å². The van der Waals surface area contributed by atoms with Crippen LogP contribution in [0.1, 0.15) is 32.1 Å². The van der Waals surface area contributed by atoms with Crippen LogP contribution in [0.3, 0.4) is 0 Å². The van der Waals surface area contributed by atoms with Crippen molar-refractivity contribution in [1.29, 1.82) is 0 Å². The molecule has 1 aliphatic carbocycles. The Hall–Kier alpha value is -1.90. The number of aromatic nitrogens is 2. The van der Waals surface area contributed by atoms with Crippen LogP contribution in [0.15, 0.2) is 41.6 Å². The van der Waals surface area contributed by atoms with Crippen molar-refractivity contribution in [3.05, 3.63) is 36.7 Å². The summed E-state index contributed by atoms with van der Waals surface area (Å²) in [5.41, 5.74) is 6.31. The number of hydrogen-bond donors (Lipinski definition) is 2. The third kappa shape index (κ3) is 4.25. The standard InChI is InChI=1S/C17H22N4O3S.ClH/c1-25(23,24)15-8-4-3-7-14(15)21-12-13(11-19-21)20-16(22)17(18)9-5-2-6-10-17;/h3-4,7-8,11-12H,2,5-6,9-10,18H2,1H3,(H,20,22);1H. The minimum Gasteiger partial charge on any atom is -0.322 e. The molecule has 0 aliphatic heterocycles. The van der Waals surface area contributed by atoms with Crippen molar-refractivity contribution in [2.45, 2.75) is 42.5 Å². The molecule has 26 heavy (non-hydrogen) atoms. The summed E-state index contributed by atoms with van der Waals surface area (Å²) in [7, 11) is -3.39. The number of nitrogens with two attached hydrogens (primary N) is 1. The molecule has 2 aromatic rings. The number of amides is 1. The largest absolute Gasteiger partial charge is 0.322 e. The normalized spacial score (nSPS) is 16.5. The number of halogens is 1. The van der Waals surface area contributed by atoms with Crippen LogP contribution < -0.4 is 11.1 Å². The van der Waals surface area contributed by atoms with Gasteiger partial charge in [0.15, 0.2) is 9.84 Å². The van der Waals surface area contributed by atoms with Gasteiger partial charge < -0.3 is 11.1 Å². The quantitative estimate of drug-likeness (QED) is 0.821. The highest BCUT2D eigenvalue weighted by Gasteiger charge is 2.35. The lowest BCUT2D eigenvalue weighted by molar-refractivity contribution is -0.122. The minimum absolute atomic E-state index is 0. The van der Waals surface area contributed by atoms with E-state index in [2.05, 4.69) is 10.4 Å². The predicted molar refractivity (Wildman–Crippen MR) is 103 cm³/mol. The smallest absolute Gasteiger partial charge is 0.244 e. The monoisotopic (exact) mass is 398 g/mol. The van der Waals surface area contributed by atoms with Crippen molar-refractivity contribution >= 4 is 33.8 Å². The fraction of sp³-hybridized carbons (Fsp3) is 0.412. The number of nitrogens with zero attached hydrogens (tertiary/aromatic N) is 2. The summed E-state index contributed by atoms with van der Waals surface area (Å²) in [6, 6.07) is 6.59. The zero-order valence-electron chi connectivity index (χ0n) is 14.5. The van der Waals surface area contributed by atoms with Crippen LogP contribution in [0.4, 0.5) is 5.69 Å². The third-order valence-electron chi connectivity index (χ3n) is 4.55. The molecule has 1 fully saturated rings. The van der Waals surface area contributed by atoms with Crippen LogP contribution in [0.5, 0.6) is 0 Å². The average molecular weight is 399 g/mol. The summed E-state index contributed by atoms with van der Waals surface area (Å²) in [4.78, 5) is 12.7. The second kappa shape index (κ2) is 7.77. The van der Waals surface area contributed by atoms with Gasteiger partial charge in [-0.1, -0.05) is 31.4 Å². The predicted octanol–water partition coefficient (Wildman–Crippen LogP) is 2.30. The van der Waals surface area contributed by atoms with E-state index in [4.69, 9.17) is 5.73 Å². The maximum atomic E-state index is 12.5. The highest BCUT2D eigenvalue weighted by Crippen LogP contribution is 2.27. The lowest BCUT2D eigenvalue weighted by Crippen LogP contribution is -2.52. The van der Waals surface area contributed by atoms with Crippen molar-refractivity contribution in [1.82, 2.24) is 9.78 Å². The Labute approximate surface area is 159 Å². The summed E-state index contributed by atoms with van der Waals surface area (Å²) < 4.78 is 25.3. The Bertz CT molecular complexity index is 889. The molecule has 1 aliphatic rings. The van der Waals surface area contributed by atoms with E-state index >= 15 is 0 Å². The van der Waals surface area contributed by atoms with Crippen LogP contribution in [-0.2, 0) is 14.6 Å². The summed E-state index contributed by atoms with van der Waals surface area (Å²) >= 11 is 0. The van der Waals surface area contributed by atoms with Crippen molar-refractivity contribution in [3.8, 4) is 5.69 Å². The third-order valence-corrected chi connectivity index (χ3v) is 5.69. The number of hydrogen-bond acceptors (Lipinski definition) is 5. The Balaban J connectivity index is 0.00000243. The molecule has 1 saturated carbocycles. The first-order chi connectivity index (χ1) is 11.8. The Morgan fingerprint density at radius 1 is 1.23 bits per heavy atom. The highest BCUT2D eigenvalue weighted by molar-refractivity contribution is 7.90. The van der Waals surface area contributed by atoms with E-state index in [1.165, 1.54) is 16.9 Å². The molecule has 1 amide bonds. The zero-order valence-corrected chi connectivity index (χ0v) is 16.1. The van der Waals surface area contributed by atoms with E-state index in [0.717, 1.165) is 25.5 Å². The van der Waals surface area contributed by atoms with E-state index in [-0.39, 0.29) is 23.2 Å². The fourth-order valence-corrected chi connectivity index (χ4v) is 4.01. The lowest BCUT2D eigenvalue weighted by Gasteiger charge is -2.31. The summed E-state index contributed by atoms with van der Waals surface area (Å²) in [6.07, 6.45) is 8.58. The average Bonchev–Trinajstić information content (AvgIpc) is 3.03. The maximum Gasteiger partial charge on any atom is 0.244 e. The molecule has 142 valence electrons. The van der Waals surface area contributed by atoms with Crippen molar-refractivity contribution in [3.63, 3.8) is 0 Å². The Kier molecular flexibility index (Phi) is 6.10. The fourth-order valence-electron chi connectivity index (χ4n) is 3.14. The van der Waals surface area contributed by atoms with E-state index < -0.39 is 15.4 Å². The number of nitrogens with one attached hydrogen (secondary N) is 1. The molecular weight excluding hydrogens is 376 g/mol. The van der Waals surface area contributed by atoms with Gasteiger partial charge in [0, 0.05) is 6.26 Å². The van der Waals surface area contributed by atoms with Crippen LogP contribution >= 0.6 is 12.4 Å². The molecule has 1 aromatic heterocycles. The van der Waals surface area contributed by atoms with Gasteiger partial charge in [-0.25, -0.2) is 13.1 Å². The number of para-hydroxylation sites is 1. The van der Waals surface area contributed by atoms with Gasteiger partial charge in [0.25, 0.3) is 0 Å². The van der Waals surface area contributed by atoms with E-state index in [9.17, 15) is 13.2 Å². The molecule has 0 atom stereocenters. The van der Waals surface area contributed by atoms with Crippen molar-refractivity contribution in [2.24, 2.45) is 5.73 Å². The number of benzene rings is 1. The van der Waals surface area contributed by atoms with Gasteiger partial charge >= 0.3 is 0 Å². The Morgan fingerprint density at radius 2 is 1.88 bits per heavy atom. The lowest BCUT2D eigenvalue weighted by atomic mass is 9.82. The molecule has 1 heterocycles. The summed E-state index contributed by atoms with van der Waals surface area (Å²) in [6.45, 7) is 0. The zero-order chi connectivity index (χ0) is 18.1. The van der Waals surface area contributed by atoms with Gasteiger partial charge in [-0.05, 0) is 25.0 Å². The van der Waals surface area contributed by atoms with E-state index in [1.54, 1.807) is 24.4 Å². The first kappa shape index (κ1) is 20.4. The summed E-state index contributed by atoms with van der Waals surface area (Å²) in [5, 5.41) is 6.98. The number of sulfone groups is 1. The molecule has 0 unspecified atom stereocenters. The summed E-state index contributed by atoms with van der Waals surface area (Å²) in [5.74, 6) is -0.219. The molecule has 3 N–H and O–H groups in total. The van der Waals surface area contributed by atoms with Crippen molar-refractivity contribution < 1.29 is 13.2 Å². The molecule has 0 bridgehead atoms. The second-order valence-corrected chi connectivity index (χ2v) is 8.57. The SMILES string of the molecule is CS(=O)(=O)c1ccccc1-n1cc(NC(=O)C2(N)CCCCC2)cn1.Cl. The molecule has 1 aromatic carbocycles. The van der Waals surface area contributed by atoms with E-state index in [1.807, 2.05) is 0 Å². The highest BCUT2D eigenvalue weighted by atomic mass is 35.5. The van der Waals surface area contributed by atoms with Gasteiger partial charge in [-0.3, -0.25) is 4.79 Å².